The van der Waals surface area contributed by atoms with Crippen LogP contribution in [0.2, 0.25) is 0 Å². The summed E-state index contributed by atoms with van der Waals surface area (Å²) in [5, 5.41) is 4.27. The summed E-state index contributed by atoms with van der Waals surface area (Å²) in [6.45, 7) is 5.96. The van der Waals surface area contributed by atoms with Crippen LogP contribution >= 0.6 is 11.3 Å². The van der Waals surface area contributed by atoms with E-state index in [1.807, 2.05) is 19.9 Å². The van der Waals surface area contributed by atoms with E-state index in [1.165, 1.54) is 4.88 Å². The topological polar surface area (TPSA) is 63.4 Å². The van der Waals surface area contributed by atoms with Gasteiger partial charge in [-0.1, -0.05) is 0 Å². The van der Waals surface area contributed by atoms with E-state index in [0.29, 0.717) is 5.78 Å². The largest absolute Gasteiger partial charge is 0.331 e. The SMILES string of the molecule is Cc1ccc([C@@H](C)N(C)C(=O)c2nc3nccc(C)n3n2)s1. The Bertz CT molecular complexity index is 837. The first-order chi connectivity index (χ1) is 10.5. The summed E-state index contributed by atoms with van der Waals surface area (Å²) >= 11 is 1.69. The Hall–Kier alpha value is -2.28. The Balaban J connectivity index is 1.89. The Morgan fingerprint density at radius 2 is 2.09 bits per heavy atom. The van der Waals surface area contributed by atoms with Gasteiger partial charge < -0.3 is 4.90 Å². The number of carbonyl (C=O) groups excluding carboxylic acids is 1. The zero-order valence-corrected chi connectivity index (χ0v) is 13.8. The van der Waals surface area contributed by atoms with Crippen molar-refractivity contribution >= 4 is 23.0 Å². The Kier molecular flexibility index (Phi) is 3.66. The van der Waals surface area contributed by atoms with Gasteiger partial charge in [-0.05, 0) is 39.0 Å². The van der Waals surface area contributed by atoms with Crippen LogP contribution in [-0.4, -0.2) is 37.4 Å². The molecule has 0 aliphatic rings. The Morgan fingerprint density at radius 1 is 1.32 bits per heavy atom. The maximum Gasteiger partial charge on any atom is 0.293 e. The number of hydrogen-bond acceptors (Lipinski definition) is 5. The second-order valence-electron chi connectivity index (χ2n) is 5.27. The summed E-state index contributed by atoms with van der Waals surface area (Å²) in [4.78, 5) is 25.0. The molecule has 6 nitrogen and oxygen atoms in total. The van der Waals surface area contributed by atoms with Crippen LogP contribution in [0.5, 0.6) is 0 Å². The molecule has 0 saturated carbocycles. The van der Waals surface area contributed by atoms with Crippen molar-refractivity contribution in [2.75, 3.05) is 7.05 Å². The van der Waals surface area contributed by atoms with Crippen molar-refractivity contribution in [3.63, 3.8) is 0 Å². The normalized spacial score (nSPS) is 12.5. The predicted octanol–water partition coefficient (Wildman–Crippen LogP) is 2.64. The highest BCUT2D eigenvalue weighted by atomic mass is 32.1. The van der Waals surface area contributed by atoms with Crippen LogP contribution in [0, 0.1) is 13.8 Å². The number of fused-ring (bicyclic) bond motifs is 1. The molecule has 0 saturated heterocycles. The third kappa shape index (κ3) is 2.48. The average molecular weight is 315 g/mol. The first-order valence-corrected chi connectivity index (χ1v) is 7.81. The lowest BCUT2D eigenvalue weighted by Gasteiger charge is -2.22. The van der Waals surface area contributed by atoms with Gasteiger partial charge in [-0.2, -0.15) is 4.98 Å². The fourth-order valence-corrected chi connectivity index (χ4v) is 3.17. The first kappa shape index (κ1) is 14.6. The molecular formula is C15H17N5OS. The van der Waals surface area contributed by atoms with E-state index < -0.39 is 0 Å². The molecule has 1 amide bonds. The van der Waals surface area contributed by atoms with E-state index in [4.69, 9.17) is 0 Å². The van der Waals surface area contributed by atoms with E-state index in [-0.39, 0.29) is 17.8 Å². The van der Waals surface area contributed by atoms with Gasteiger partial charge in [0.2, 0.25) is 5.82 Å². The van der Waals surface area contributed by atoms with Crippen LogP contribution in [0.1, 0.15) is 39.0 Å². The lowest BCUT2D eigenvalue weighted by Crippen LogP contribution is -2.30. The molecule has 7 heteroatoms. The van der Waals surface area contributed by atoms with E-state index in [9.17, 15) is 4.79 Å². The van der Waals surface area contributed by atoms with Crippen molar-refractivity contribution in [2.45, 2.75) is 26.8 Å². The molecule has 0 unspecified atom stereocenters. The van der Waals surface area contributed by atoms with Crippen molar-refractivity contribution in [3.05, 3.63) is 45.7 Å². The molecule has 1 atom stereocenters. The van der Waals surface area contributed by atoms with Crippen LogP contribution in [0.25, 0.3) is 5.78 Å². The summed E-state index contributed by atoms with van der Waals surface area (Å²) in [7, 11) is 1.77. The van der Waals surface area contributed by atoms with E-state index >= 15 is 0 Å². The number of hydrogen-bond donors (Lipinski definition) is 0. The minimum absolute atomic E-state index is 0.0214. The van der Waals surface area contributed by atoms with Crippen LogP contribution in [0.3, 0.4) is 0 Å². The van der Waals surface area contributed by atoms with Gasteiger partial charge in [-0.25, -0.2) is 9.50 Å². The second kappa shape index (κ2) is 5.49. The summed E-state index contributed by atoms with van der Waals surface area (Å²) in [6.07, 6.45) is 1.66. The van der Waals surface area contributed by atoms with Crippen LogP contribution < -0.4 is 0 Å². The zero-order valence-electron chi connectivity index (χ0n) is 12.9. The molecule has 0 fully saturated rings. The fourth-order valence-electron chi connectivity index (χ4n) is 2.20. The molecule has 3 heterocycles. The summed E-state index contributed by atoms with van der Waals surface area (Å²) in [5.41, 5.74) is 0.890. The quantitative estimate of drug-likeness (QED) is 0.745. The van der Waals surface area contributed by atoms with Crippen LogP contribution in [0.15, 0.2) is 24.4 Å². The molecule has 0 spiro atoms. The number of thiophene rings is 1. The molecule has 0 aliphatic carbocycles. The number of carbonyl (C=O) groups is 1. The molecule has 3 rings (SSSR count). The molecule has 3 aromatic rings. The summed E-state index contributed by atoms with van der Waals surface area (Å²) in [5.74, 6) is 0.407. The number of amides is 1. The minimum atomic E-state index is -0.205. The maximum absolute atomic E-state index is 12.6. The molecular weight excluding hydrogens is 298 g/mol. The molecule has 114 valence electrons. The highest BCUT2D eigenvalue weighted by Crippen LogP contribution is 2.27. The molecule has 3 aromatic heterocycles. The molecule has 0 radical (unpaired) electrons. The number of rotatable bonds is 3. The van der Waals surface area contributed by atoms with E-state index in [2.05, 4.69) is 34.1 Å². The van der Waals surface area contributed by atoms with E-state index in [1.54, 1.807) is 34.0 Å². The molecule has 22 heavy (non-hydrogen) atoms. The number of aryl methyl sites for hydroxylation is 2. The monoisotopic (exact) mass is 315 g/mol. The van der Waals surface area contributed by atoms with Gasteiger partial charge in [-0.3, -0.25) is 4.79 Å². The third-order valence-electron chi connectivity index (χ3n) is 3.70. The van der Waals surface area contributed by atoms with Gasteiger partial charge in [0.1, 0.15) is 0 Å². The van der Waals surface area contributed by atoms with Gasteiger partial charge >= 0.3 is 0 Å². The fraction of sp³-hybridized carbons (Fsp3) is 0.333. The van der Waals surface area contributed by atoms with Gasteiger partial charge in [-0.15, -0.1) is 16.4 Å². The third-order valence-corrected chi connectivity index (χ3v) is 4.87. The van der Waals surface area contributed by atoms with Crippen LogP contribution in [0.4, 0.5) is 0 Å². The van der Waals surface area contributed by atoms with Crippen molar-refractivity contribution in [3.8, 4) is 0 Å². The van der Waals surface area contributed by atoms with Gasteiger partial charge in [0.25, 0.3) is 11.7 Å². The molecule has 0 N–H and O–H groups in total. The molecule has 0 aliphatic heterocycles. The highest BCUT2D eigenvalue weighted by Gasteiger charge is 2.24. The minimum Gasteiger partial charge on any atom is -0.331 e. The summed E-state index contributed by atoms with van der Waals surface area (Å²) in [6, 6.07) is 5.92. The lowest BCUT2D eigenvalue weighted by molar-refractivity contribution is 0.0733. The lowest BCUT2D eigenvalue weighted by atomic mass is 10.2. The number of nitrogens with zero attached hydrogens (tertiary/aromatic N) is 5. The summed E-state index contributed by atoms with van der Waals surface area (Å²) < 4.78 is 1.58. The average Bonchev–Trinajstić information content (AvgIpc) is 3.12. The van der Waals surface area contributed by atoms with Gasteiger partial charge in [0.05, 0.1) is 6.04 Å². The Morgan fingerprint density at radius 3 is 2.73 bits per heavy atom. The van der Waals surface area contributed by atoms with Crippen LogP contribution in [-0.2, 0) is 0 Å². The molecule has 0 bridgehead atoms. The van der Waals surface area contributed by atoms with Gasteiger partial charge in [0, 0.05) is 28.7 Å². The number of aromatic nitrogens is 4. The second-order valence-corrected chi connectivity index (χ2v) is 6.59. The van der Waals surface area contributed by atoms with Crippen molar-refractivity contribution in [1.82, 2.24) is 24.5 Å². The zero-order chi connectivity index (χ0) is 15.9. The van der Waals surface area contributed by atoms with Crippen molar-refractivity contribution in [1.29, 1.82) is 0 Å². The highest BCUT2D eigenvalue weighted by molar-refractivity contribution is 7.12. The van der Waals surface area contributed by atoms with Crippen molar-refractivity contribution < 1.29 is 4.79 Å². The van der Waals surface area contributed by atoms with E-state index in [0.717, 1.165) is 10.6 Å². The van der Waals surface area contributed by atoms with Crippen molar-refractivity contribution in [2.24, 2.45) is 0 Å². The first-order valence-electron chi connectivity index (χ1n) is 6.99. The Labute approximate surface area is 132 Å². The maximum atomic E-state index is 12.6. The standard InChI is InChI=1S/C15H17N5OS/c1-9-7-8-16-15-17-13(18-20(9)15)14(21)19(4)11(3)12-6-5-10(2)22-12/h5-8,11H,1-4H3/t11-/m1/s1. The van der Waals surface area contributed by atoms with Gasteiger partial charge in [0.15, 0.2) is 0 Å². The molecule has 0 aromatic carbocycles. The predicted molar refractivity (Wildman–Crippen MR) is 85.1 cm³/mol. The smallest absolute Gasteiger partial charge is 0.293 e.